The van der Waals surface area contributed by atoms with Gasteiger partial charge in [0.2, 0.25) is 10.0 Å². The highest BCUT2D eigenvalue weighted by Crippen LogP contribution is 2.19. The Morgan fingerprint density at radius 3 is 2.55 bits per heavy atom. The third kappa shape index (κ3) is 3.92. The number of aliphatic hydroxyl groups is 1. The van der Waals surface area contributed by atoms with Gasteiger partial charge in [0, 0.05) is 12.2 Å². The topological polar surface area (TPSA) is 130 Å². The number of sulfonamides is 1. The summed E-state index contributed by atoms with van der Waals surface area (Å²) in [5, 5.41) is 18.8. The third-order valence-corrected chi connectivity index (χ3v) is 4.39. The average Bonchev–Trinajstić information content (AvgIpc) is 2.36. The fraction of sp³-hybridized carbons (Fsp3) is 0.417. The molecule has 112 valence electrons. The summed E-state index contributed by atoms with van der Waals surface area (Å²) in [4.78, 5) is 10.7. The van der Waals surface area contributed by atoms with Crippen molar-refractivity contribution < 1.29 is 23.4 Å². The molecule has 5 N–H and O–H groups in total. The zero-order valence-corrected chi connectivity index (χ0v) is 12.1. The SMILES string of the molecule is CCC(C)(O)CNS(=O)(=O)c1ccc(N)cc1C(=O)O. The minimum atomic E-state index is -4.04. The lowest BCUT2D eigenvalue weighted by molar-refractivity contribution is 0.0613. The molecule has 8 heteroatoms. The summed E-state index contributed by atoms with van der Waals surface area (Å²) in [6.45, 7) is 2.98. The maximum atomic E-state index is 12.1. The summed E-state index contributed by atoms with van der Waals surface area (Å²) >= 11 is 0. The molecule has 20 heavy (non-hydrogen) atoms. The number of anilines is 1. The smallest absolute Gasteiger partial charge is 0.337 e. The summed E-state index contributed by atoms with van der Waals surface area (Å²) in [6.07, 6.45) is 0.350. The Morgan fingerprint density at radius 1 is 1.45 bits per heavy atom. The molecule has 0 heterocycles. The third-order valence-electron chi connectivity index (χ3n) is 2.93. The van der Waals surface area contributed by atoms with E-state index in [4.69, 9.17) is 10.8 Å². The molecule has 0 radical (unpaired) electrons. The minimum absolute atomic E-state index is 0.155. The quantitative estimate of drug-likeness (QED) is 0.563. The highest BCUT2D eigenvalue weighted by molar-refractivity contribution is 7.89. The summed E-state index contributed by atoms with van der Waals surface area (Å²) in [7, 11) is -4.04. The molecule has 0 bridgehead atoms. The fourth-order valence-electron chi connectivity index (χ4n) is 1.40. The number of rotatable bonds is 6. The first-order valence-corrected chi connectivity index (χ1v) is 7.42. The number of carboxylic acids is 1. The molecule has 0 spiro atoms. The zero-order chi connectivity index (χ0) is 15.6. The molecule has 0 saturated carbocycles. The Labute approximate surface area is 117 Å². The van der Waals surface area contributed by atoms with E-state index in [0.29, 0.717) is 6.42 Å². The van der Waals surface area contributed by atoms with Gasteiger partial charge in [-0.1, -0.05) is 6.92 Å². The van der Waals surface area contributed by atoms with E-state index in [0.717, 1.165) is 12.1 Å². The lowest BCUT2D eigenvalue weighted by Crippen LogP contribution is -2.40. The number of nitrogens with one attached hydrogen (secondary N) is 1. The number of aromatic carboxylic acids is 1. The molecule has 0 amide bonds. The van der Waals surface area contributed by atoms with E-state index in [9.17, 15) is 18.3 Å². The van der Waals surface area contributed by atoms with Crippen LogP contribution in [0.4, 0.5) is 5.69 Å². The molecule has 0 aromatic heterocycles. The van der Waals surface area contributed by atoms with Crippen LogP contribution in [-0.2, 0) is 10.0 Å². The molecular weight excluding hydrogens is 284 g/mol. The van der Waals surface area contributed by atoms with Crippen LogP contribution in [0.1, 0.15) is 30.6 Å². The highest BCUT2D eigenvalue weighted by atomic mass is 32.2. The summed E-state index contributed by atoms with van der Waals surface area (Å²) < 4.78 is 26.4. The van der Waals surface area contributed by atoms with Crippen molar-refractivity contribution in [3.8, 4) is 0 Å². The highest BCUT2D eigenvalue weighted by Gasteiger charge is 2.26. The number of hydrogen-bond donors (Lipinski definition) is 4. The molecule has 0 aliphatic carbocycles. The van der Waals surface area contributed by atoms with Crippen LogP contribution < -0.4 is 10.5 Å². The van der Waals surface area contributed by atoms with Crippen molar-refractivity contribution in [1.82, 2.24) is 4.72 Å². The number of nitrogen functional groups attached to an aromatic ring is 1. The molecule has 1 unspecified atom stereocenters. The van der Waals surface area contributed by atoms with E-state index in [1.807, 2.05) is 0 Å². The second-order valence-electron chi connectivity index (χ2n) is 4.74. The van der Waals surface area contributed by atoms with E-state index in [-0.39, 0.29) is 17.1 Å². The van der Waals surface area contributed by atoms with Crippen LogP contribution in [0.2, 0.25) is 0 Å². The second kappa shape index (κ2) is 5.78. The Hall–Kier alpha value is -1.64. The van der Waals surface area contributed by atoms with Gasteiger partial charge in [0.25, 0.3) is 0 Å². The first kappa shape index (κ1) is 16.4. The Kier molecular flexibility index (Phi) is 4.74. The molecule has 1 aromatic carbocycles. The van der Waals surface area contributed by atoms with E-state index >= 15 is 0 Å². The van der Waals surface area contributed by atoms with Crippen molar-refractivity contribution >= 4 is 21.7 Å². The molecule has 7 nitrogen and oxygen atoms in total. The monoisotopic (exact) mass is 302 g/mol. The number of carbonyl (C=O) groups is 1. The van der Waals surface area contributed by atoms with Crippen LogP contribution >= 0.6 is 0 Å². The number of carboxylic acid groups (broad SMARTS) is 1. The number of nitrogens with two attached hydrogens (primary N) is 1. The van der Waals surface area contributed by atoms with Crippen molar-refractivity contribution in [1.29, 1.82) is 0 Å². The number of hydrogen-bond acceptors (Lipinski definition) is 5. The van der Waals surface area contributed by atoms with Gasteiger partial charge in [-0.3, -0.25) is 0 Å². The van der Waals surface area contributed by atoms with E-state index < -0.39 is 27.2 Å². The van der Waals surface area contributed by atoms with Gasteiger partial charge >= 0.3 is 5.97 Å². The summed E-state index contributed by atoms with van der Waals surface area (Å²) in [6, 6.07) is 3.51. The molecule has 0 saturated heterocycles. The van der Waals surface area contributed by atoms with Crippen molar-refractivity contribution in [2.24, 2.45) is 0 Å². The van der Waals surface area contributed by atoms with Gasteiger partial charge in [-0.05, 0) is 31.5 Å². The molecule has 1 atom stereocenters. The van der Waals surface area contributed by atoms with Crippen molar-refractivity contribution in [2.45, 2.75) is 30.8 Å². The number of benzene rings is 1. The van der Waals surface area contributed by atoms with Gasteiger partial charge in [0.1, 0.15) is 0 Å². The maximum absolute atomic E-state index is 12.1. The average molecular weight is 302 g/mol. The van der Waals surface area contributed by atoms with E-state index in [1.165, 1.54) is 13.0 Å². The van der Waals surface area contributed by atoms with Crippen LogP contribution in [-0.4, -0.2) is 36.7 Å². The van der Waals surface area contributed by atoms with Crippen LogP contribution in [0.25, 0.3) is 0 Å². The normalized spacial score (nSPS) is 14.8. The van der Waals surface area contributed by atoms with Crippen molar-refractivity contribution in [3.05, 3.63) is 23.8 Å². The van der Waals surface area contributed by atoms with Gasteiger partial charge in [-0.15, -0.1) is 0 Å². The first-order chi connectivity index (χ1) is 9.09. The standard InChI is InChI=1S/C12H18N2O5S/c1-3-12(2,17)7-14-20(18,19)10-5-4-8(13)6-9(10)11(15)16/h4-6,14,17H,3,7,13H2,1-2H3,(H,15,16). The van der Waals surface area contributed by atoms with Crippen LogP contribution in [0.15, 0.2) is 23.1 Å². The molecule has 0 fully saturated rings. The van der Waals surface area contributed by atoms with Gasteiger partial charge in [0.15, 0.2) is 0 Å². The van der Waals surface area contributed by atoms with Gasteiger partial charge in [0.05, 0.1) is 16.1 Å². The maximum Gasteiger partial charge on any atom is 0.337 e. The van der Waals surface area contributed by atoms with E-state index in [2.05, 4.69) is 4.72 Å². The van der Waals surface area contributed by atoms with Crippen LogP contribution in [0, 0.1) is 0 Å². The molecule has 1 aromatic rings. The lowest BCUT2D eigenvalue weighted by Gasteiger charge is -2.21. The van der Waals surface area contributed by atoms with Gasteiger partial charge < -0.3 is 15.9 Å². The zero-order valence-electron chi connectivity index (χ0n) is 11.3. The van der Waals surface area contributed by atoms with Crippen molar-refractivity contribution in [2.75, 3.05) is 12.3 Å². The van der Waals surface area contributed by atoms with Crippen LogP contribution in [0.5, 0.6) is 0 Å². The fourth-order valence-corrected chi connectivity index (χ4v) is 2.74. The molecule has 1 rings (SSSR count). The first-order valence-electron chi connectivity index (χ1n) is 5.94. The van der Waals surface area contributed by atoms with Gasteiger partial charge in [-0.25, -0.2) is 17.9 Å². The Morgan fingerprint density at radius 2 is 2.05 bits per heavy atom. The van der Waals surface area contributed by atoms with Crippen LogP contribution in [0.3, 0.4) is 0 Å². The second-order valence-corrected chi connectivity index (χ2v) is 6.47. The van der Waals surface area contributed by atoms with Crippen molar-refractivity contribution in [3.63, 3.8) is 0 Å². The van der Waals surface area contributed by atoms with E-state index in [1.54, 1.807) is 6.92 Å². The molecular formula is C12H18N2O5S. The lowest BCUT2D eigenvalue weighted by atomic mass is 10.1. The molecule has 0 aliphatic heterocycles. The predicted molar refractivity (Wildman–Crippen MR) is 73.9 cm³/mol. The molecule has 0 aliphatic rings. The summed E-state index contributed by atoms with van der Waals surface area (Å²) in [5.41, 5.74) is 4.00. The Bertz CT molecular complexity index is 610. The predicted octanol–water partition coefficient (Wildman–Crippen LogP) is 0.406. The Balaban J connectivity index is 3.13. The summed E-state index contributed by atoms with van der Waals surface area (Å²) in [5.74, 6) is -1.39. The minimum Gasteiger partial charge on any atom is -0.478 e. The largest absolute Gasteiger partial charge is 0.478 e. The van der Waals surface area contributed by atoms with Gasteiger partial charge in [-0.2, -0.15) is 0 Å².